The average molecular weight is 354 g/mol. The highest BCUT2D eigenvalue weighted by atomic mass is 32.2. The zero-order valence-electron chi connectivity index (χ0n) is 13.1. The molecule has 0 heterocycles. The van der Waals surface area contributed by atoms with E-state index in [-0.39, 0.29) is 16.2 Å². The molecule has 24 heavy (non-hydrogen) atoms. The zero-order chi connectivity index (χ0) is 17.7. The van der Waals surface area contributed by atoms with E-state index in [0.29, 0.717) is 18.4 Å². The summed E-state index contributed by atoms with van der Waals surface area (Å²) in [7, 11) is -3.91. The molecule has 2 aromatic carbocycles. The predicted molar refractivity (Wildman–Crippen MR) is 86.5 cm³/mol. The lowest BCUT2D eigenvalue weighted by Gasteiger charge is -2.07. The van der Waals surface area contributed by atoms with E-state index in [9.17, 15) is 17.2 Å². The van der Waals surface area contributed by atoms with Gasteiger partial charge in [-0.05, 0) is 50.2 Å². The van der Waals surface area contributed by atoms with E-state index in [1.165, 1.54) is 37.3 Å². The maximum absolute atomic E-state index is 13.6. The van der Waals surface area contributed by atoms with Crippen molar-refractivity contribution in [2.45, 2.75) is 18.7 Å². The summed E-state index contributed by atoms with van der Waals surface area (Å²) in [6.45, 7) is 3.70. The van der Waals surface area contributed by atoms with Gasteiger partial charge in [-0.2, -0.15) is 18.4 Å². The third kappa shape index (κ3) is 4.29. The van der Waals surface area contributed by atoms with Gasteiger partial charge in [-0.15, -0.1) is 0 Å². The van der Waals surface area contributed by atoms with Gasteiger partial charge in [0.15, 0.2) is 0 Å². The molecule has 8 heteroatoms. The van der Waals surface area contributed by atoms with E-state index < -0.39 is 21.7 Å². The van der Waals surface area contributed by atoms with E-state index in [1.807, 2.05) is 11.8 Å². The Hall–Kier alpha value is -2.48. The van der Waals surface area contributed by atoms with Crippen LogP contribution in [0.2, 0.25) is 0 Å². The Labute approximate surface area is 139 Å². The molecule has 0 unspecified atom stereocenters. The van der Waals surface area contributed by atoms with E-state index in [0.717, 1.165) is 6.07 Å². The largest absolute Gasteiger partial charge is 0.494 e. The number of benzene rings is 2. The predicted octanol–water partition coefficient (Wildman–Crippen LogP) is 3.07. The lowest BCUT2D eigenvalue weighted by molar-refractivity contribution is 0.340. The summed E-state index contributed by atoms with van der Waals surface area (Å²) in [6.07, 6.45) is 0. The Bertz CT molecular complexity index is 850. The number of nitrogens with one attached hydrogen (secondary N) is 1. The SMILES string of the molecule is CCOc1ccc(S(=O)(=O)N/N=C(/C)c2ccc(F)cc2F)cc1. The first-order chi connectivity index (χ1) is 11.3. The van der Waals surface area contributed by atoms with Gasteiger partial charge < -0.3 is 4.74 Å². The number of ether oxygens (including phenoxy) is 1. The molecular weight excluding hydrogens is 338 g/mol. The number of sulfonamides is 1. The van der Waals surface area contributed by atoms with Gasteiger partial charge in [0.25, 0.3) is 10.0 Å². The van der Waals surface area contributed by atoms with Crippen LogP contribution in [0.25, 0.3) is 0 Å². The van der Waals surface area contributed by atoms with Crippen LogP contribution in [0.15, 0.2) is 52.5 Å². The number of halogens is 2. The molecule has 0 bridgehead atoms. The summed E-state index contributed by atoms with van der Waals surface area (Å²) in [6, 6.07) is 8.75. The third-order valence-electron chi connectivity index (χ3n) is 3.10. The molecule has 0 aromatic heterocycles. The van der Waals surface area contributed by atoms with Crippen LogP contribution in [0.1, 0.15) is 19.4 Å². The van der Waals surface area contributed by atoms with Crippen molar-refractivity contribution in [3.63, 3.8) is 0 Å². The molecule has 0 radical (unpaired) electrons. The molecule has 0 aliphatic heterocycles. The van der Waals surface area contributed by atoms with E-state index in [1.54, 1.807) is 0 Å². The Morgan fingerprint density at radius 2 is 1.83 bits per heavy atom. The highest BCUT2D eigenvalue weighted by Crippen LogP contribution is 2.16. The van der Waals surface area contributed by atoms with E-state index in [4.69, 9.17) is 4.74 Å². The Morgan fingerprint density at radius 1 is 1.17 bits per heavy atom. The molecule has 0 aliphatic rings. The van der Waals surface area contributed by atoms with Crippen molar-refractivity contribution < 1.29 is 21.9 Å². The van der Waals surface area contributed by atoms with Gasteiger partial charge >= 0.3 is 0 Å². The molecule has 0 saturated heterocycles. The summed E-state index contributed by atoms with van der Waals surface area (Å²) in [5, 5.41) is 3.68. The number of rotatable bonds is 6. The minimum absolute atomic E-state index is 0.00536. The van der Waals surface area contributed by atoms with Gasteiger partial charge in [0.1, 0.15) is 17.4 Å². The van der Waals surface area contributed by atoms with Crippen LogP contribution >= 0.6 is 0 Å². The Kier molecular flexibility index (Phi) is 5.50. The van der Waals surface area contributed by atoms with Crippen LogP contribution in [0.5, 0.6) is 5.75 Å². The molecular formula is C16H16F2N2O3S. The molecule has 1 N–H and O–H groups in total. The second kappa shape index (κ2) is 7.39. The first-order valence-electron chi connectivity index (χ1n) is 7.08. The second-order valence-electron chi connectivity index (χ2n) is 4.82. The van der Waals surface area contributed by atoms with Crippen molar-refractivity contribution in [3.05, 3.63) is 59.7 Å². The smallest absolute Gasteiger partial charge is 0.276 e. The number of hydrazone groups is 1. The molecule has 2 aromatic rings. The van der Waals surface area contributed by atoms with Crippen LogP contribution in [-0.4, -0.2) is 20.7 Å². The van der Waals surface area contributed by atoms with Gasteiger partial charge in [-0.3, -0.25) is 0 Å². The topological polar surface area (TPSA) is 67.8 Å². The number of hydrogen-bond donors (Lipinski definition) is 1. The summed E-state index contributed by atoms with van der Waals surface area (Å²) < 4.78 is 56.1. The molecule has 2 rings (SSSR count). The first kappa shape index (κ1) is 17.9. The van der Waals surface area contributed by atoms with Gasteiger partial charge in [0.2, 0.25) is 0 Å². The lowest BCUT2D eigenvalue weighted by atomic mass is 10.1. The van der Waals surface area contributed by atoms with Gasteiger partial charge in [-0.1, -0.05) is 0 Å². The fourth-order valence-corrected chi connectivity index (χ4v) is 2.76. The molecule has 5 nitrogen and oxygen atoms in total. The second-order valence-corrected chi connectivity index (χ2v) is 6.48. The normalized spacial score (nSPS) is 12.1. The molecule has 128 valence electrons. The maximum Gasteiger partial charge on any atom is 0.276 e. The minimum Gasteiger partial charge on any atom is -0.494 e. The summed E-state index contributed by atoms with van der Waals surface area (Å²) in [5.41, 5.74) is 0.0767. The molecule has 0 saturated carbocycles. The fourth-order valence-electron chi connectivity index (χ4n) is 1.91. The summed E-state index contributed by atoms with van der Waals surface area (Å²) in [5.74, 6) is -1.000. The standard InChI is InChI=1S/C16H16F2N2O3S/c1-3-23-13-5-7-14(8-6-13)24(21,22)20-19-11(2)15-9-4-12(17)10-16(15)18/h4-10,20H,3H2,1-2H3/b19-11-. The third-order valence-corrected chi connectivity index (χ3v) is 4.32. The van der Waals surface area contributed by atoms with Crippen molar-refractivity contribution in [1.29, 1.82) is 0 Å². The molecule has 0 fully saturated rings. The molecule has 0 aliphatic carbocycles. The molecule has 0 spiro atoms. The minimum atomic E-state index is -3.91. The highest BCUT2D eigenvalue weighted by Gasteiger charge is 2.14. The fraction of sp³-hybridized carbons (Fsp3) is 0.188. The highest BCUT2D eigenvalue weighted by molar-refractivity contribution is 7.89. The summed E-state index contributed by atoms with van der Waals surface area (Å²) >= 11 is 0. The van der Waals surface area contributed by atoms with Crippen molar-refractivity contribution in [2.24, 2.45) is 5.10 Å². The van der Waals surface area contributed by atoms with Crippen LogP contribution in [0, 0.1) is 11.6 Å². The van der Waals surface area contributed by atoms with Crippen LogP contribution < -0.4 is 9.57 Å². The van der Waals surface area contributed by atoms with Crippen molar-refractivity contribution in [2.75, 3.05) is 6.61 Å². The van der Waals surface area contributed by atoms with Crippen molar-refractivity contribution >= 4 is 15.7 Å². The average Bonchev–Trinajstić information content (AvgIpc) is 2.53. The van der Waals surface area contributed by atoms with Crippen LogP contribution in [0.3, 0.4) is 0 Å². The zero-order valence-corrected chi connectivity index (χ0v) is 13.9. The van der Waals surface area contributed by atoms with Crippen molar-refractivity contribution in [3.8, 4) is 5.75 Å². The molecule has 0 atom stereocenters. The number of hydrogen-bond acceptors (Lipinski definition) is 4. The van der Waals surface area contributed by atoms with E-state index in [2.05, 4.69) is 5.10 Å². The van der Waals surface area contributed by atoms with Crippen molar-refractivity contribution in [1.82, 2.24) is 4.83 Å². The molecule has 0 amide bonds. The van der Waals surface area contributed by atoms with Gasteiger partial charge in [-0.25, -0.2) is 8.78 Å². The Balaban J connectivity index is 2.19. The lowest BCUT2D eigenvalue weighted by Crippen LogP contribution is -2.20. The van der Waals surface area contributed by atoms with Gasteiger partial charge in [0, 0.05) is 11.6 Å². The number of nitrogens with zero attached hydrogens (tertiary/aromatic N) is 1. The van der Waals surface area contributed by atoms with Gasteiger partial charge in [0.05, 0.1) is 17.2 Å². The van der Waals surface area contributed by atoms with Crippen LogP contribution in [-0.2, 0) is 10.0 Å². The van der Waals surface area contributed by atoms with Crippen LogP contribution in [0.4, 0.5) is 8.78 Å². The van der Waals surface area contributed by atoms with E-state index >= 15 is 0 Å². The first-order valence-corrected chi connectivity index (χ1v) is 8.56. The maximum atomic E-state index is 13.6. The Morgan fingerprint density at radius 3 is 2.42 bits per heavy atom. The monoisotopic (exact) mass is 354 g/mol. The quantitative estimate of drug-likeness (QED) is 0.640. The summed E-state index contributed by atoms with van der Waals surface area (Å²) in [4.78, 5) is 2.01.